The van der Waals surface area contributed by atoms with Crippen LogP contribution in [0.15, 0.2) is 10.5 Å². The number of esters is 1. The monoisotopic (exact) mass is 295 g/mol. The van der Waals surface area contributed by atoms with Crippen LogP contribution in [0, 0.1) is 12.8 Å². The Morgan fingerprint density at radius 1 is 1.57 bits per heavy atom. The molecule has 1 N–H and O–H groups in total. The average molecular weight is 295 g/mol. The molecule has 0 aromatic carbocycles. The third kappa shape index (κ3) is 3.47. The number of hydrogen-bond donors (Lipinski definition) is 1. The summed E-state index contributed by atoms with van der Waals surface area (Å²) < 4.78 is 10.4. The van der Waals surface area contributed by atoms with Gasteiger partial charge in [-0.25, -0.2) is 4.79 Å². The standard InChI is InChI=1S/C16H25NO4/c1-10-8-14(21-15(10)16(19)20-4)11(2)17(3)9-12-6-5-7-13(12)18/h8,11-13,18H,5-7,9H2,1-4H3. The van der Waals surface area contributed by atoms with Crippen molar-refractivity contribution < 1.29 is 19.1 Å². The van der Waals surface area contributed by atoms with E-state index in [1.54, 1.807) is 0 Å². The van der Waals surface area contributed by atoms with Gasteiger partial charge in [0.15, 0.2) is 0 Å². The van der Waals surface area contributed by atoms with Crippen LogP contribution < -0.4 is 0 Å². The van der Waals surface area contributed by atoms with Gasteiger partial charge in [-0.05, 0) is 45.7 Å². The average Bonchev–Trinajstić information content (AvgIpc) is 3.04. The number of rotatable bonds is 5. The molecule has 5 nitrogen and oxygen atoms in total. The molecule has 3 unspecified atom stereocenters. The molecule has 5 heteroatoms. The first-order chi connectivity index (χ1) is 9.93. The molecular formula is C16H25NO4. The number of hydrogen-bond acceptors (Lipinski definition) is 5. The molecular weight excluding hydrogens is 270 g/mol. The van der Waals surface area contributed by atoms with E-state index in [0.29, 0.717) is 5.92 Å². The van der Waals surface area contributed by atoms with Crippen molar-refractivity contribution in [1.29, 1.82) is 0 Å². The van der Waals surface area contributed by atoms with Gasteiger partial charge in [0.2, 0.25) is 5.76 Å². The normalized spacial score (nSPS) is 23.5. The van der Waals surface area contributed by atoms with Crippen LogP contribution in [-0.4, -0.2) is 42.8 Å². The molecule has 0 bridgehead atoms. The summed E-state index contributed by atoms with van der Waals surface area (Å²) in [5.41, 5.74) is 0.790. The third-order valence-electron chi connectivity index (χ3n) is 4.52. The predicted molar refractivity (Wildman–Crippen MR) is 79.2 cm³/mol. The Kier molecular flexibility index (Phi) is 5.06. The number of methoxy groups -OCH3 is 1. The first-order valence-corrected chi connectivity index (χ1v) is 7.51. The molecule has 1 heterocycles. The van der Waals surface area contributed by atoms with Crippen molar-refractivity contribution in [2.24, 2.45) is 5.92 Å². The summed E-state index contributed by atoms with van der Waals surface area (Å²) in [4.78, 5) is 13.8. The van der Waals surface area contributed by atoms with Crippen LogP contribution in [-0.2, 0) is 4.74 Å². The largest absolute Gasteiger partial charge is 0.463 e. The summed E-state index contributed by atoms with van der Waals surface area (Å²) >= 11 is 0. The number of aryl methyl sites for hydroxylation is 1. The highest BCUT2D eigenvalue weighted by Crippen LogP contribution is 2.30. The summed E-state index contributed by atoms with van der Waals surface area (Å²) in [5.74, 6) is 0.907. The fraction of sp³-hybridized carbons (Fsp3) is 0.688. The quantitative estimate of drug-likeness (QED) is 0.846. The van der Waals surface area contributed by atoms with E-state index in [1.807, 2.05) is 27.0 Å². The molecule has 1 aromatic heterocycles. The van der Waals surface area contributed by atoms with Gasteiger partial charge in [-0.15, -0.1) is 0 Å². The molecule has 0 spiro atoms. The topological polar surface area (TPSA) is 62.9 Å². The van der Waals surface area contributed by atoms with Crippen molar-refractivity contribution in [3.63, 3.8) is 0 Å². The zero-order valence-corrected chi connectivity index (χ0v) is 13.3. The van der Waals surface area contributed by atoms with Gasteiger partial charge in [0.25, 0.3) is 0 Å². The fourth-order valence-corrected chi connectivity index (χ4v) is 2.98. The van der Waals surface area contributed by atoms with E-state index < -0.39 is 5.97 Å². The van der Waals surface area contributed by atoms with Crippen molar-refractivity contribution in [3.8, 4) is 0 Å². The van der Waals surface area contributed by atoms with Crippen LogP contribution in [0.5, 0.6) is 0 Å². The highest BCUT2D eigenvalue weighted by molar-refractivity contribution is 5.87. The Morgan fingerprint density at radius 3 is 2.86 bits per heavy atom. The molecule has 0 radical (unpaired) electrons. The van der Waals surface area contributed by atoms with E-state index in [4.69, 9.17) is 9.15 Å². The molecule has 0 aliphatic heterocycles. The van der Waals surface area contributed by atoms with Crippen LogP contribution in [0.25, 0.3) is 0 Å². The fourth-order valence-electron chi connectivity index (χ4n) is 2.98. The number of carbonyl (C=O) groups excluding carboxylic acids is 1. The van der Waals surface area contributed by atoms with Crippen molar-refractivity contribution in [2.75, 3.05) is 20.7 Å². The first kappa shape index (κ1) is 16.0. The van der Waals surface area contributed by atoms with Crippen LogP contribution >= 0.6 is 0 Å². The molecule has 1 aliphatic rings. The highest BCUT2D eigenvalue weighted by Gasteiger charge is 2.29. The van der Waals surface area contributed by atoms with Crippen LogP contribution in [0.4, 0.5) is 0 Å². The zero-order valence-electron chi connectivity index (χ0n) is 13.3. The summed E-state index contributed by atoms with van der Waals surface area (Å²) in [6, 6.07) is 1.94. The van der Waals surface area contributed by atoms with E-state index in [1.165, 1.54) is 7.11 Å². The number of ether oxygens (including phenoxy) is 1. The molecule has 118 valence electrons. The second-order valence-corrected chi connectivity index (χ2v) is 6.03. The third-order valence-corrected chi connectivity index (χ3v) is 4.52. The lowest BCUT2D eigenvalue weighted by Gasteiger charge is -2.27. The predicted octanol–water partition coefficient (Wildman–Crippen LogP) is 2.53. The lowest BCUT2D eigenvalue weighted by atomic mass is 10.0. The number of aliphatic hydroxyl groups excluding tert-OH is 1. The number of furan rings is 1. The molecule has 1 aliphatic carbocycles. The smallest absolute Gasteiger partial charge is 0.374 e. The van der Waals surface area contributed by atoms with Gasteiger partial charge in [0.1, 0.15) is 5.76 Å². The van der Waals surface area contributed by atoms with Crippen molar-refractivity contribution >= 4 is 5.97 Å². The maximum absolute atomic E-state index is 11.6. The zero-order chi connectivity index (χ0) is 15.6. The van der Waals surface area contributed by atoms with Crippen LogP contribution in [0.2, 0.25) is 0 Å². The lowest BCUT2D eigenvalue weighted by molar-refractivity contribution is 0.0556. The van der Waals surface area contributed by atoms with Gasteiger partial charge in [-0.1, -0.05) is 6.42 Å². The van der Waals surface area contributed by atoms with Crippen molar-refractivity contribution in [1.82, 2.24) is 4.90 Å². The second kappa shape index (κ2) is 6.62. The highest BCUT2D eigenvalue weighted by atomic mass is 16.5. The van der Waals surface area contributed by atoms with Crippen LogP contribution in [0.1, 0.15) is 54.1 Å². The SMILES string of the molecule is COC(=O)c1oc(C(C)N(C)CC2CCCC2O)cc1C. The number of carbonyl (C=O) groups is 1. The van der Waals surface area contributed by atoms with E-state index >= 15 is 0 Å². The lowest BCUT2D eigenvalue weighted by Crippen LogP contribution is -2.31. The van der Waals surface area contributed by atoms with E-state index in [-0.39, 0.29) is 17.9 Å². The summed E-state index contributed by atoms with van der Waals surface area (Å²) in [5, 5.41) is 9.93. The van der Waals surface area contributed by atoms with Gasteiger partial charge in [0, 0.05) is 12.1 Å². The first-order valence-electron chi connectivity index (χ1n) is 7.51. The Bertz CT molecular complexity index is 496. The van der Waals surface area contributed by atoms with Gasteiger partial charge < -0.3 is 14.3 Å². The minimum Gasteiger partial charge on any atom is -0.463 e. The Balaban J connectivity index is 2.05. The van der Waals surface area contributed by atoms with Gasteiger partial charge in [-0.3, -0.25) is 4.90 Å². The van der Waals surface area contributed by atoms with Crippen molar-refractivity contribution in [3.05, 3.63) is 23.2 Å². The molecule has 0 amide bonds. The Hall–Kier alpha value is -1.33. The minimum atomic E-state index is -0.445. The molecule has 2 rings (SSSR count). The van der Waals surface area contributed by atoms with E-state index in [9.17, 15) is 9.90 Å². The molecule has 1 fully saturated rings. The maximum Gasteiger partial charge on any atom is 0.374 e. The minimum absolute atomic E-state index is 0.0508. The molecule has 0 saturated heterocycles. The van der Waals surface area contributed by atoms with Gasteiger partial charge in [0.05, 0.1) is 19.3 Å². The summed E-state index contributed by atoms with van der Waals surface area (Å²) in [6.07, 6.45) is 2.88. The van der Waals surface area contributed by atoms with Crippen molar-refractivity contribution in [2.45, 2.75) is 45.3 Å². The summed E-state index contributed by atoms with van der Waals surface area (Å²) in [6.45, 7) is 4.71. The molecule has 3 atom stereocenters. The molecule has 21 heavy (non-hydrogen) atoms. The second-order valence-electron chi connectivity index (χ2n) is 6.03. The Morgan fingerprint density at radius 2 is 2.29 bits per heavy atom. The van der Waals surface area contributed by atoms with E-state index in [0.717, 1.165) is 37.1 Å². The molecule has 1 aromatic rings. The van der Waals surface area contributed by atoms with Gasteiger partial charge in [-0.2, -0.15) is 0 Å². The Labute approximate surface area is 125 Å². The van der Waals surface area contributed by atoms with E-state index in [2.05, 4.69) is 4.90 Å². The van der Waals surface area contributed by atoms with Gasteiger partial charge >= 0.3 is 5.97 Å². The van der Waals surface area contributed by atoms with Crippen LogP contribution in [0.3, 0.4) is 0 Å². The maximum atomic E-state index is 11.6. The number of nitrogens with zero attached hydrogens (tertiary/aromatic N) is 1. The molecule has 1 saturated carbocycles. The summed E-state index contributed by atoms with van der Waals surface area (Å²) in [7, 11) is 3.37. The number of aliphatic hydroxyl groups is 1.